The number of amides is 1. The van der Waals surface area contributed by atoms with Crippen molar-refractivity contribution in [3.05, 3.63) is 67.5 Å². The molecule has 2 rings (SSSR count). The largest absolute Gasteiger partial charge is 0.322 e. The van der Waals surface area contributed by atoms with Gasteiger partial charge in [0.25, 0.3) is 5.91 Å². The molecule has 7 heteroatoms. The first-order valence-electron chi connectivity index (χ1n) is 5.48. The molecule has 0 unspecified atom stereocenters. The molecule has 0 saturated heterocycles. The van der Waals surface area contributed by atoms with E-state index in [4.69, 9.17) is 0 Å². The van der Waals surface area contributed by atoms with E-state index in [1.165, 1.54) is 6.07 Å². The molecule has 0 bridgehead atoms. The first-order chi connectivity index (χ1) is 9.47. The Morgan fingerprint density at radius 3 is 2.65 bits per heavy atom. The number of benzene rings is 2. The first kappa shape index (κ1) is 14.4. The van der Waals surface area contributed by atoms with Gasteiger partial charge in [-0.05, 0) is 52.9 Å². The number of hydrogen-bond acceptors (Lipinski definition) is 3. The molecule has 1 amide bonds. The number of nitrogens with zero attached hydrogens (tertiary/aromatic N) is 1. The Morgan fingerprint density at radius 2 is 2.00 bits per heavy atom. The molecule has 0 aliphatic heterocycles. The van der Waals surface area contributed by atoms with Crippen molar-refractivity contribution in [1.29, 1.82) is 0 Å². The van der Waals surface area contributed by atoms with Crippen LogP contribution in [-0.4, -0.2) is 10.8 Å². The van der Waals surface area contributed by atoms with Crippen LogP contribution >= 0.6 is 22.6 Å². The van der Waals surface area contributed by atoms with Gasteiger partial charge in [0.05, 0.1) is 4.92 Å². The zero-order valence-electron chi connectivity index (χ0n) is 9.97. The molecule has 0 heterocycles. The Labute approximate surface area is 127 Å². The maximum atomic E-state index is 13.2. The summed E-state index contributed by atoms with van der Waals surface area (Å²) < 4.78 is 14.1. The summed E-state index contributed by atoms with van der Waals surface area (Å²) in [5.74, 6) is -1.50. The highest BCUT2D eigenvalue weighted by molar-refractivity contribution is 14.1. The molecule has 0 aromatic heterocycles. The summed E-state index contributed by atoms with van der Waals surface area (Å²) in [6, 6.07) is 10.1. The van der Waals surface area contributed by atoms with Crippen LogP contribution in [0.4, 0.5) is 15.8 Å². The third kappa shape index (κ3) is 3.29. The maximum absolute atomic E-state index is 13.2. The molecule has 0 saturated carbocycles. The van der Waals surface area contributed by atoms with Crippen LogP contribution in [-0.2, 0) is 0 Å². The van der Waals surface area contributed by atoms with E-state index in [2.05, 4.69) is 27.9 Å². The number of carbonyl (C=O) groups excluding carboxylic acids is 1. The Bertz CT molecular complexity index is 691. The van der Waals surface area contributed by atoms with E-state index >= 15 is 0 Å². The second-order valence-electron chi connectivity index (χ2n) is 3.89. The Morgan fingerprint density at radius 1 is 1.25 bits per heavy atom. The quantitative estimate of drug-likeness (QED) is 0.498. The second-order valence-corrected chi connectivity index (χ2v) is 5.13. The van der Waals surface area contributed by atoms with Crippen LogP contribution in [0, 0.1) is 19.5 Å². The fourth-order valence-electron chi connectivity index (χ4n) is 1.56. The molecule has 20 heavy (non-hydrogen) atoms. The molecule has 1 N–H and O–H groups in total. The standard InChI is InChI=1S/C13H8FIN2O3/c14-11-5-4-8(6-12(11)17(19)20)13(18)16-10-3-1-2-9(15)7-10/h1-7H,(H,16,18). The minimum atomic E-state index is -0.971. The SMILES string of the molecule is O=C(Nc1cccc(I)c1)c1ccc(F)c([N+](=O)[O-])c1. The van der Waals surface area contributed by atoms with Crippen molar-refractivity contribution >= 4 is 39.9 Å². The average Bonchev–Trinajstić information content (AvgIpc) is 2.38. The van der Waals surface area contributed by atoms with Gasteiger partial charge in [-0.25, -0.2) is 0 Å². The maximum Gasteiger partial charge on any atom is 0.305 e. The van der Waals surface area contributed by atoms with Crippen molar-refractivity contribution < 1.29 is 14.1 Å². The van der Waals surface area contributed by atoms with Crippen LogP contribution in [0.25, 0.3) is 0 Å². The predicted molar refractivity (Wildman–Crippen MR) is 80.2 cm³/mol. The number of hydrogen-bond donors (Lipinski definition) is 1. The lowest BCUT2D eigenvalue weighted by atomic mass is 10.1. The predicted octanol–water partition coefficient (Wildman–Crippen LogP) is 3.59. The third-order valence-electron chi connectivity index (χ3n) is 2.49. The lowest BCUT2D eigenvalue weighted by molar-refractivity contribution is -0.387. The van der Waals surface area contributed by atoms with E-state index in [0.29, 0.717) is 5.69 Å². The molecule has 0 radical (unpaired) electrons. The molecule has 0 spiro atoms. The summed E-state index contributed by atoms with van der Waals surface area (Å²) in [6.07, 6.45) is 0. The molecule has 2 aromatic rings. The number of anilines is 1. The van der Waals surface area contributed by atoms with Gasteiger partial charge in [0.15, 0.2) is 0 Å². The van der Waals surface area contributed by atoms with Crippen LogP contribution < -0.4 is 5.32 Å². The highest BCUT2D eigenvalue weighted by Gasteiger charge is 2.17. The van der Waals surface area contributed by atoms with E-state index in [9.17, 15) is 19.3 Å². The average molecular weight is 386 g/mol. The topological polar surface area (TPSA) is 72.2 Å². The fourth-order valence-corrected chi connectivity index (χ4v) is 2.11. The first-order valence-corrected chi connectivity index (χ1v) is 6.56. The van der Waals surface area contributed by atoms with E-state index in [-0.39, 0.29) is 5.56 Å². The summed E-state index contributed by atoms with van der Waals surface area (Å²) in [6.45, 7) is 0. The summed E-state index contributed by atoms with van der Waals surface area (Å²) in [7, 11) is 0. The van der Waals surface area contributed by atoms with Gasteiger partial charge >= 0.3 is 5.69 Å². The van der Waals surface area contributed by atoms with Crippen molar-refractivity contribution in [1.82, 2.24) is 0 Å². The van der Waals surface area contributed by atoms with Gasteiger partial charge in [-0.15, -0.1) is 0 Å². The normalized spacial score (nSPS) is 10.1. The molecule has 0 aliphatic rings. The summed E-state index contributed by atoms with van der Waals surface area (Å²) in [5, 5.41) is 13.2. The fraction of sp³-hybridized carbons (Fsp3) is 0. The van der Waals surface area contributed by atoms with Gasteiger partial charge in [-0.1, -0.05) is 6.07 Å². The van der Waals surface area contributed by atoms with Crippen molar-refractivity contribution in [2.75, 3.05) is 5.32 Å². The molecule has 2 aromatic carbocycles. The number of nitrogens with one attached hydrogen (secondary N) is 1. The van der Waals surface area contributed by atoms with Gasteiger partial charge < -0.3 is 5.32 Å². The number of carbonyl (C=O) groups is 1. The van der Waals surface area contributed by atoms with Crippen molar-refractivity contribution in [3.8, 4) is 0 Å². The number of rotatable bonds is 3. The summed E-state index contributed by atoms with van der Waals surface area (Å²) in [5.41, 5.74) is -0.133. The summed E-state index contributed by atoms with van der Waals surface area (Å²) in [4.78, 5) is 21.7. The van der Waals surface area contributed by atoms with Crippen LogP contribution in [0.2, 0.25) is 0 Å². The smallest absolute Gasteiger partial charge is 0.305 e. The minimum Gasteiger partial charge on any atom is -0.322 e. The van der Waals surface area contributed by atoms with Crippen LogP contribution in [0.3, 0.4) is 0 Å². The van der Waals surface area contributed by atoms with Crippen molar-refractivity contribution in [3.63, 3.8) is 0 Å². The highest BCUT2D eigenvalue weighted by Crippen LogP contribution is 2.20. The molecular formula is C13H8FIN2O3. The van der Waals surface area contributed by atoms with Crippen LogP contribution in [0.15, 0.2) is 42.5 Å². The monoisotopic (exact) mass is 386 g/mol. The third-order valence-corrected chi connectivity index (χ3v) is 3.16. The van der Waals surface area contributed by atoms with Crippen molar-refractivity contribution in [2.24, 2.45) is 0 Å². The molecule has 0 fully saturated rings. The zero-order chi connectivity index (χ0) is 14.7. The van der Waals surface area contributed by atoms with E-state index < -0.39 is 22.3 Å². The van der Waals surface area contributed by atoms with Gasteiger partial charge in [0, 0.05) is 20.9 Å². The van der Waals surface area contributed by atoms with Crippen molar-refractivity contribution in [2.45, 2.75) is 0 Å². The minimum absolute atomic E-state index is 0.0250. The van der Waals surface area contributed by atoms with Gasteiger partial charge in [-0.2, -0.15) is 4.39 Å². The lowest BCUT2D eigenvalue weighted by Crippen LogP contribution is -2.12. The number of nitro groups is 1. The molecule has 5 nitrogen and oxygen atoms in total. The van der Waals surface area contributed by atoms with E-state index in [1.807, 2.05) is 6.07 Å². The van der Waals surface area contributed by atoms with Crippen LogP contribution in [0.1, 0.15) is 10.4 Å². The van der Waals surface area contributed by atoms with Gasteiger partial charge in [0.2, 0.25) is 5.82 Å². The van der Waals surface area contributed by atoms with Gasteiger partial charge in [-0.3, -0.25) is 14.9 Å². The molecule has 0 aliphatic carbocycles. The molecule has 0 atom stereocenters. The molecular weight excluding hydrogens is 378 g/mol. The number of nitro benzene ring substituents is 1. The van der Waals surface area contributed by atoms with Gasteiger partial charge in [0.1, 0.15) is 0 Å². The lowest BCUT2D eigenvalue weighted by Gasteiger charge is -2.05. The summed E-state index contributed by atoms with van der Waals surface area (Å²) >= 11 is 2.09. The molecule has 102 valence electrons. The highest BCUT2D eigenvalue weighted by atomic mass is 127. The Hall–Kier alpha value is -2.03. The number of halogens is 2. The Balaban J connectivity index is 2.26. The van der Waals surface area contributed by atoms with E-state index in [1.54, 1.807) is 18.2 Å². The van der Waals surface area contributed by atoms with E-state index in [0.717, 1.165) is 15.7 Å². The zero-order valence-corrected chi connectivity index (χ0v) is 12.1. The van der Waals surface area contributed by atoms with Crippen LogP contribution in [0.5, 0.6) is 0 Å². The Kier molecular flexibility index (Phi) is 4.28. The second kappa shape index (κ2) is 5.95.